The van der Waals surface area contributed by atoms with Gasteiger partial charge in [0.15, 0.2) is 0 Å². The molecule has 0 saturated heterocycles. The van der Waals surface area contributed by atoms with Crippen LogP contribution in [0.1, 0.15) is 52.4 Å². The molecule has 1 atom stereocenters. The Bertz CT molecular complexity index is 492. The molecule has 9 nitrogen and oxygen atoms in total. The second-order valence-corrected chi connectivity index (χ2v) is 5.57. The number of aliphatic carboxylic acids is 1. The molecule has 0 aliphatic carbocycles. The minimum atomic E-state index is -1.07. The zero-order valence-corrected chi connectivity index (χ0v) is 14.7. The monoisotopic (exact) mass is 357 g/mol. The summed E-state index contributed by atoms with van der Waals surface area (Å²) in [6, 6.07) is -0.970. The number of carboxylic acids is 1. The van der Waals surface area contributed by atoms with E-state index in [-0.39, 0.29) is 44.0 Å². The van der Waals surface area contributed by atoms with E-state index in [2.05, 4.69) is 16.0 Å². The van der Waals surface area contributed by atoms with Crippen LogP contribution in [0.3, 0.4) is 0 Å². The van der Waals surface area contributed by atoms with Crippen LogP contribution in [-0.2, 0) is 24.0 Å². The van der Waals surface area contributed by atoms with E-state index in [4.69, 9.17) is 5.11 Å². The molecule has 0 aliphatic rings. The van der Waals surface area contributed by atoms with Gasteiger partial charge in [0.25, 0.3) is 0 Å². The van der Waals surface area contributed by atoms with Crippen molar-refractivity contribution in [2.75, 3.05) is 13.1 Å². The highest BCUT2D eigenvalue weighted by Crippen LogP contribution is 2.02. The maximum Gasteiger partial charge on any atom is 0.303 e. The Balaban J connectivity index is 4.41. The first kappa shape index (κ1) is 22.6. The normalized spacial score (nSPS) is 11.3. The minimum Gasteiger partial charge on any atom is -0.481 e. The summed E-state index contributed by atoms with van der Waals surface area (Å²) in [7, 11) is 0. The smallest absolute Gasteiger partial charge is 0.303 e. The maximum absolute atomic E-state index is 12.1. The van der Waals surface area contributed by atoms with Gasteiger partial charge in [-0.15, -0.1) is 0 Å². The lowest BCUT2D eigenvalue weighted by molar-refractivity contribution is -0.138. The third-order valence-electron chi connectivity index (χ3n) is 3.35. The quantitative estimate of drug-likeness (QED) is 0.335. The molecule has 0 rings (SSSR count). The molecular weight excluding hydrogens is 330 g/mol. The van der Waals surface area contributed by atoms with Crippen LogP contribution in [-0.4, -0.2) is 53.7 Å². The van der Waals surface area contributed by atoms with E-state index in [1.165, 1.54) is 6.92 Å². The molecular formula is C16H27N3O6. The van der Waals surface area contributed by atoms with E-state index in [0.717, 1.165) is 0 Å². The van der Waals surface area contributed by atoms with Crippen molar-refractivity contribution in [3.05, 3.63) is 0 Å². The number of carboxylic acid groups (broad SMARTS) is 1. The average Bonchev–Trinajstić information content (AvgIpc) is 2.54. The molecule has 142 valence electrons. The summed E-state index contributed by atoms with van der Waals surface area (Å²) in [6.07, 6.45) is 0.883. The van der Waals surface area contributed by atoms with Crippen molar-refractivity contribution in [2.24, 2.45) is 0 Å². The fourth-order valence-electron chi connectivity index (χ4n) is 1.97. The van der Waals surface area contributed by atoms with Crippen LogP contribution in [0.5, 0.6) is 0 Å². The Morgan fingerprint density at radius 3 is 2.16 bits per heavy atom. The number of carbonyl (C=O) groups is 5. The van der Waals surface area contributed by atoms with E-state index in [1.54, 1.807) is 6.92 Å². The van der Waals surface area contributed by atoms with Gasteiger partial charge in [0.05, 0.1) is 0 Å². The van der Waals surface area contributed by atoms with Crippen LogP contribution < -0.4 is 16.0 Å². The number of Topliss-reactive ketones (excluding diaryl/α,β-unsaturated/α-hetero) is 1. The number of rotatable bonds is 13. The summed E-state index contributed by atoms with van der Waals surface area (Å²) in [4.78, 5) is 56.6. The summed E-state index contributed by atoms with van der Waals surface area (Å²) in [5.41, 5.74) is 0. The van der Waals surface area contributed by atoms with Gasteiger partial charge in [0.1, 0.15) is 11.8 Å². The van der Waals surface area contributed by atoms with Crippen LogP contribution >= 0.6 is 0 Å². The zero-order chi connectivity index (χ0) is 19.2. The van der Waals surface area contributed by atoms with Crippen molar-refractivity contribution in [2.45, 2.75) is 58.4 Å². The first-order chi connectivity index (χ1) is 11.8. The van der Waals surface area contributed by atoms with Crippen LogP contribution in [0, 0.1) is 0 Å². The fraction of sp³-hybridized carbons (Fsp3) is 0.688. The Morgan fingerprint density at radius 1 is 0.960 bits per heavy atom. The molecule has 0 heterocycles. The third kappa shape index (κ3) is 12.6. The van der Waals surface area contributed by atoms with E-state index in [1.807, 2.05) is 0 Å². The molecule has 9 heteroatoms. The van der Waals surface area contributed by atoms with Crippen LogP contribution in [0.25, 0.3) is 0 Å². The fourth-order valence-corrected chi connectivity index (χ4v) is 1.97. The van der Waals surface area contributed by atoms with Crippen LogP contribution in [0.15, 0.2) is 0 Å². The average molecular weight is 357 g/mol. The van der Waals surface area contributed by atoms with Gasteiger partial charge < -0.3 is 21.1 Å². The number of ketones is 1. The van der Waals surface area contributed by atoms with Gasteiger partial charge in [-0.25, -0.2) is 0 Å². The SMILES string of the molecule is CCC(=O)CCCC(=O)N[C@H](CCC(=O)O)C(=O)NCCNC(C)=O. The van der Waals surface area contributed by atoms with Gasteiger partial charge in [0, 0.05) is 45.7 Å². The Kier molecular flexibility index (Phi) is 11.6. The summed E-state index contributed by atoms with van der Waals surface area (Å²) >= 11 is 0. The topological polar surface area (TPSA) is 142 Å². The predicted molar refractivity (Wildman–Crippen MR) is 89.6 cm³/mol. The molecule has 25 heavy (non-hydrogen) atoms. The molecule has 3 amide bonds. The van der Waals surface area contributed by atoms with Crippen LogP contribution in [0.2, 0.25) is 0 Å². The lowest BCUT2D eigenvalue weighted by Gasteiger charge is -2.18. The van der Waals surface area contributed by atoms with Gasteiger partial charge in [-0.1, -0.05) is 6.92 Å². The third-order valence-corrected chi connectivity index (χ3v) is 3.35. The number of nitrogens with one attached hydrogen (secondary N) is 3. The first-order valence-electron chi connectivity index (χ1n) is 8.31. The predicted octanol–water partition coefficient (Wildman–Crippen LogP) is -0.262. The number of hydrogen-bond acceptors (Lipinski definition) is 5. The summed E-state index contributed by atoms with van der Waals surface area (Å²) in [5, 5.41) is 16.3. The van der Waals surface area contributed by atoms with Gasteiger partial charge in [-0.2, -0.15) is 0 Å². The Morgan fingerprint density at radius 2 is 1.60 bits per heavy atom. The molecule has 0 aromatic carbocycles. The van der Waals surface area contributed by atoms with E-state index in [9.17, 15) is 24.0 Å². The highest BCUT2D eigenvalue weighted by Gasteiger charge is 2.21. The standard InChI is InChI=1S/C16H27N3O6/c1-3-12(21)5-4-6-14(22)19-13(7-8-15(23)24)16(25)18-10-9-17-11(2)20/h13H,3-10H2,1-2H3,(H,17,20)(H,18,25)(H,19,22)(H,23,24)/t13-/m1/s1. The lowest BCUT2D eigenvalue weighted by atomic mass is 10.1. The second-order valence-electron chi connectivity index (χ2n) is 5.57. The van der Waals surface area contributed by atoms with Gasteiger partial charge >= 0.3 is 5.97 Å². The zero-order valence-electron chi connectivity index (χ0n) is 14.7. The Hall–Kier alpha value is -2.45. The second kappa shape index (κ2) is 12.9. The molecule has 0 bridgehead atoms. The summed E-state index contributed by atoms with van der Waals surface area (Å²) in [5.74, 6) is -2.16. The minimum absolute atomic E-state index is 0.0407. The summed E-state index contributed by atoms with van der Waals surface area (Å²) < 4.78 is 0. The van der Waals surface area contributed by atoms with Crippen molar-refractivity contribution in [1.29, 1.82) is 0 Å². The van der Waals surface area contributed by atoms with Crippen LogP contribution in [0.4, 0.5) is 0 Å². The van der Waals surface area contributed by atoms with Crippen molar-refractivity contribution in [1.82, 2.24) is 16.0 Å². The molecule has 0 spiro atoms. The first-order valence-corrected chi connectivity index (χ1v) is 8.31. The molecule has 0 aromatic rings. The molecule has 0 aliphatic heterocycles. The molecule has 0 saturated carbocycles. The van der Waals surface area contributed by atoms with Gasteiger partial charge in [-0.05, 0) is 12.8 Å². The van der Waals surface area contributed by atoms with Gasteiger partial charge in [-0.3, -0.25) is 24.0 Å². The maximum atomic E-state index is 12.1. The van der Waals surface area contributed by atoms with Crippen molar-refractivity contribution >= 4 is 29.5 Å². The molecule has 0 fully saturated rings. The highest BCUT2D eigenvalue weighted by molar-refractivity contribution is 5.88. The molecule has 0 unspecified atom stereocenters. The number of carbonyl (C=O) groups excluding carboxylic acids is 4. The Labute approximate surface area is 146 Å². The molecule has 4 N–H and O–H groups in total. The molecule has 0 radical (unpaired) electrons. The largest absolute Gasteiger partial charge is 0.481 e. The van der Waals surface area contributed by atoms with Gasteiger partial charge in [0.2, 0.25) is 17.7 Å². The lowest BCUT2D eigenvalue weighted by Crippen LogP contribution is -2.48. The van der Waals surface area contributed by atoms with Crippen molar-refractivity contribution in [3.8, 4) is 0 Å². The van der Waals surface area contributed by atoms with Crippen molar-refractivity contribution < 1.29 is 29.1 Å². The van der Waals surface area contributed by atoms with Crippen molar-refractivity contribution in [3.63, 3.8) is 0 Å². The molecule has 0 aromatic heterocycles. The van der Waals surface area contributed by atoms with E-state index >= 15 is 0 Å². The van der Waals surface area contributed by atoms with E-state index < -0.39 is 23.8 Å². The summed E-state index contributed by atoms with van der Waals surface area (Å²) in [6.45, 7) is 3.50. The number of amides is 3. The number of hydrogen-bond donors (Lipinski definition) is 4. The van der Waals surface area contributed by atoms with E-state index in [0.29, 0.717) is 19.3 Å². The highest BCUT2D eigenvalue weighted by atomic mass is 16.4.